The van der Waals surface area contributed by atoms with Gasteiger partial charge in [-0.25, -0.2) is 4.79 Å². The zero-order valence-electron chi connectivity index (χ0n) is 15.2. The van der Waals surface area contributed by atoms with E-state index >= 15 is 0 Å². The Balaban J connectivity index is 1.66. The lowest BCUT2D eigenvalue weighted by molar-refractivity contribution is -0.144. The summed E-state index contributed by atoms with van der Waals surface area (Å²) in [6, 6.07) is 19.9. The highest BCUT2D eigenvalue weighted by Gasteiger charge is 2.20. The molecule has 3 heteroatoms. The molecule has 0 radical (unpaired) electrons. The van der Waals surface area contributed by atoms with Gasteiger partial charge in [-0.05, 0) is 43.1 Å². The van der Waals surface area contributed by atoms with Gasteiger partial charge in [-0.1, -0.05) is 73.5 Å². The van der Waals surface area contributed by atoms with Gasteiger partial charge in [0.2, 0.25) is 0 Å². The number of nitrogens with zero attached hydrogens (tertiary/aromatic N) is 1. The van der Waals surface area contributed by atoms with E-state index in [1.807, 2.05) is 60.7 Å². The molecule has 0 aliphatic carbocycles. The fourth-order valence-electron chi connectivity index (χ4n) is 3.34. The van der Waals surface area contributed by atoms with Crippen LogP contribution in [0.3, 0.4) is 0 Å². The van der Waals surface area contributed by atoms with Gasteiger partial charge in [-0.2, -0.15) is 0 Å². The van der Waals surface area contributed by atoms with E-state index in [4.69, 9.17) is 4.74 Å². The third-order valence-electron chi connectivity index (χ3n) is 4.76. The molecule has 1 fully saturated rings. The number of benzene rings is 2. The van der Waals surface area contributed by atoms with Gasteiger partial charge in [0.1, 0.15) is 6.10 Å². The standard InChI is InChI=1S/C23H27NO2/c25-23(16-15-20-11-5-3-6-12-20)26-22(21-13-7-4-8-14-21)19-24-17-9-1-2-10-18-24/h3-8,11-16,22H,1-2,9-10,17-19H2/b16-15+. The summed E-state index contributed by atoms with van der Waals surface area (Å²) in [5.74, 6) is -0.294. The summed E-state index contributed by atoms with van der Waals surface area (Å²) in [5.41, 5.74) is 2.05. The Morgan fingerprint density at radius 2 is 1.54 bits per heavy atom. The first-order chi connectivity index (χ1) is 12.8. The molecular formula is C23H27NO2. The van der Waals surface area contributed by atoms with Crippen molar-refractivity contribution >= 4 is 12.0 Å². The van der Waals surface area contributed by atoms with E-state index in [2.05, 4.69) is 4.90 Å². The molecule has 0 amide bonds. The second kappa shape index (κ2) is 9.93. The predicted octanol–water partition coefficient (Wildman–Crippen LogP) is 4.86. The summed E-state index contributed by atoms with van der Waals surface area (Å²) in [6.07, 6.45) is 8.14. The molecule has 0 saturated carbocycles. The molecule has 3 nitrogen and oxygen atoms in total. The van der Waals surface area contributed by atoms with Gasteiger partial charge in [-0.15, -0.1) is 0 Å². The molecule has 26 heavy (non-hydrogen) atoms. The van der Waals surface area contributed by atoms with Crippen LogP contribution in [0.1, 0.15) is 42.9 Å². The molecule has 1 atom stereocenters. The van der Waals surface area contributed by atoms with Crippen LogP contribution in [0.25, 0.3) is 6.08 Å². The summed E-state index contributed by atoms with van der Waals surface area (Å²) < 4.78 is 5.83. The molecule has 136 valence electrons. The predicted molar refractivity (Wildman–Crippen MR) is 106 cm³/mol. The third kappa shape index (κ3) is 5.85. The van der Waals surface area contributed by atoms with Crippen LogP contribution < -0.4 is 0 Å². The van der Waals surface area contributed by atoms with Crippen LogP contribution in [0.2, 0.25) is 0 Å². The molecule has 1 aliphatic heterocycles. The molecule has 0 spiro atoms. The molecule has 1 saturated heterocycles. The Morgan fingerprint density at radius 3 is 2.19 bits per heavy atom. The van der Waals surface area contributed by atoms with Gasteiger partial charge in [0.05, 0.1) is 0 Å². The van der Waals surface area contributed by atoms with Crippen molar-refractivity contribution in [2.24, 2.45) is 0 Å². The fourth-order valence-corrected chi connectivity index (χ4v) is 3.34. The summed E-state index contributed by atoms with van der Waals surface area (Å²) >= 11 is 0. The van der Waals surface area contributed by atoms with Crippen molar-refractivity contribution in [3.8, 4) is 0 Å². The van der Waals surface area contributed by atoms with Crippen molar-refractivity contribution in [3.05, 3.63) is 77.9 Å². The zero-order valence-corrected chi connectivity index (χ0v) is 15.2. The van der Waals surface area contributed by atoms with Gasteiger partial charge in [0.15, 0.2) is 0 Å². The molecule has 1 heterocycles. The van der Waals surface area contributed by atoms with E-state index in [1.54, 1.807) is 6.08 Å². The SMILES string of the molecule is O=C(/C=C/c1ccccc1)OC(CN1CCCCCC1)c1ccccc1. The average Bonchev–Trinajstić information content (AvgIpc) is 2.96. The molecule has 3 rings (SSSR count). The minimum absolute atomic E-state index is 0.234. The van der Waals surface area contributed by atoms with Crippen molar-refractivity contribution in [2.75, 3.05) is 19.6 Å². The molecule has 0 aromatic heterocycles. The van der Waals surface area contributed by atoms with E-state index < -0.39 is 0 Å². The Bertz CT molecular complexity index is 689. The molecule has 2 aromatic carbocycles. The molecule has 1 aliphatic rings. The van der Waals surface area contributed by atoms with E-state index in [-0.39, 0.29) is 12.1 Å². The normalized spacial score (nSPS) is 16.9. The zero-order chi connectivity index (χ0) is 18.0. The quantitative estimate of drug-likeness (QED) is 0.551. The van der Waals surface area contributed by atoms with Crippen molar-refractivity contribution < 1.29 is 9.53 Å². The van der Waals surface area contributed by atoms with Gasteiger partial charge in [-0.3, -0.25) is 4.90 Å². The second-order valence-electron chi connectivity index (χ2n) is 6.80. The largest absolute Gasteiger partial charge is 0.453 e. The number of ether oxygens (including phenoxy) is 1. The van der Waals surface area contributed by atoms with Crippen molar-refractivity contribution in [2.45, 2.75) is 31.8 Å². The smallest absolute Gasteiger partial charge is 0.331 e. The average molecular weight is 349 g/mol. The second-order valence-corrected chi connectivity index (χ2v) is 6.80. The Kier molecular flexibility index (Phi) is 7.03. The summed E-state index contributed by atoms with van der Waals surface area (Å²) in [6.45, 7) is 2.93. The number of rotatable bonds is 6. The molecule has 0 bridgehead atoms. The third-order valence-corrected chi connectivity index (χ3v) is 4.76. The molecule has 2 aromatic rings. The maximum Gasteiger partial charge on any atom is 0.331 e. The maximum absolute atomic E-state index is 12.4. The Hall–Kier alpha value is -2.39. The number of carbonyl (C=O) groups is 1. The maximum atomic E-state index is 12.4. The highest BCUT2D eigenvalue weighted by molar-refractivity contribution is 5.87. The van der Waals surface area contributed by atoms with Crippen molar-refractivity contribution in [1.29, 1.82) is 0 Å². The van der Waals surface area contributed by atoms with Crippen LogP contribution in [0.4, 0.5) is 0 Å². The molecule has 1 unspecified atom stereocenters. The number of carbonyl (C=O) groups excluding carboxylic acids is 1. The lowest BCUT2D eigenvalue weighted by atomic mass is 10.1. The van der Waals surface area contributed by atoms with Crippen LogP contribution in [-0.2, 0) is 9.53 Å². The molecule has 0 N–H and O–H groups in total. The van der Waals surface area contributed by atoms with Crippen molar-refractivity contribution in [1.82, 2.24) is 4.90 Å². The number of hydrogen-bond acceptors (Lipinski definition) is 3. The van der Waals surface area contributed by atoms with Crippen LogP contribution in [0.15, 0.2) is 66.7 Å². The van der Waals surface area contributed by atoms with E-state index in [9.17, 15) is 4.79 Å². The van der Waals surface area contributed by atoms with E-state index in [0.29, 0.717) is 0 Å². The Morgan fingerprint density at radius 1 is 0.923 bits per heavy atom. The number of esters is 1. The molecular weight excluding hydrogens is 322 g/mol. The first-order valence-electron chi connectivity index (χ1n) is 9.52. The number of hydrogen-bond donors (Lipinski definition) is 0. The van der Waals surface area contributed by atoms with Crippen LogP contribution in [0.5, 0.6) is 0 Å². The van der Waals surface area contributed by atoms with Crippen LogP contribution in [-0.4, -0.2) is 30.5 Å². The topological polar surface area (TPSA) is 29.5 Å². The highest BCUT2D eigenvalue weighted by atomic mass is 16.5. The van der Waals surface area contributed by atoms with E-state index in [1.165, 1.54) is 31.8 Å². The summed E-state index contributed by atoms with van der Waals surface area (Å²) in [5, 5.41) is 0. The first-order valence-corrected chi connectivity index (χ1v) is 9.52. The lowest BCUT2D eigenvalue weighted by Crippen LogP contribution is -2.31. The number of likely N-dealkylation sites (tertiary alicyclic amines) is 1. The van der Waals surface area contributed by atoms with Gasteiger partial charge >= 0.3 is 5.97 Å². The lowest BCUT2D eigenvalue weighted by Gasteiger charge is -2.26. The van der Waals surface area contributed by atoms with E-state index in [0.717, 1.165) is 30.8 Å². The fraction of sp³-hybridized carbons (Fsp3) is 0.348. The van der Waals surface area contributed by atoms with Crippen molar-refractivity contribution in [3.63, 3.8) is 0 Å². The summed E-state index contributed by atoms with van der Waals surface area (Å²) in [7, 11) is 0. The van der Waals surface area contributed by atoms with Gasteiger partial charge < -0.3 is 4.74 Å². The van der Waals surface area contributed by atoms with Gasteiger partial charge in [0, 0.05) is 12.6 Å². The monoisotopic (exact) mass is 349 g/mol. The first kappa shape index (κ1) is 18.4. The Labute approximate surface area is 156 Å². The van der Waals surface area contributed by atoms with Gasteiger partial charge in [0.25, 0.3) is 0 Å². The summed E-state index contributed by atoms with van der Waals surface area (Å²) in [4.78, 5) is 14.8. The van der Waals surface area contributed by atoms with Crippen LogP contribution >= 0.6 is 0 Å². The van der Waals surface area contributed by atoms with Crippen LogP contribution in [0, 0.1) is 0 Å². The minimum atomic E-state index is -0.294. The minimum Gasteiger partial charge on any atom is -0.453 e. The highest BCUT2D eigenvalue weighted by Crippen LogP contribution is 2.21.